The number of rotatable bonds is 7. The van der Waals surface area contributed by atoms with Gasteiger partial charge < -0.3 is 19.9 Å². The fourth-order valence-electron chi connectivity index (χ4n) is 1.69. The van der Waals surface area contributed by atoms with Crippen molar-refractivity contribution < 1.29 is 19.4 Å². The van der Waals surface area contributed by atoms with Gasteiger partial charge in [-0.1, -0.05) is 0 Å². The summed E-state index contributed by atoms with van der Waals surface area (Å²) in [5, 5.41) is 11.6. The Morgan fingerprint density at radius 1 is 1.33 bits per heavy atom. The first-order valence-electron chi connectivity index (χ1n) is 5.72. The number of hydrogen-bond acceptors (Lipinski definition) is 4. The van der Waals surface area contributed by atoms with E-state index in [0.29, 0.717) is 13.1 Å². The number of benzene rings is 1. The molecule has 0 radical (unpaired) electrons. The molecule has 5 nitrogen and oxygen atoms in total. The topological polar surface area (TPSA) is 67.8 Å². The van der Waals surface area contributed by atoms with Crippen LogP contribution in [-0.2, 0) is 11.3 Å². The number of ether oxygens (including phenoxy) is 2. The molecule has 0 bridgehead atoms. The van der Waals surface area contributed by atoms with Gasteiger partial charge in [-0.2, -0.15) is 0 Å². The van der Waals surface area contributed by atoms with E-state index in [9.17, 15) is 4.79 Å². The SMILES string of the molecule is COc1cc(C)c(CNCCC(=O)O)c(OC)c1. The average Bonchev–Trinajstić information content (AvgIpc) is 2.34. The quantitative estimate of drug-likeness (QED) is 0.722. The first kappa shape index (κ1) is 14.3. The normalized spacial score (nSPS) is 10.2. The third kappa shape index (κ3) is 3.92. The van der Waals surface area contributed by atoms with Crippen LogP contribution in [-0.4, -0.2) is 31.8 Å². The second kappa shape index (κ2) is 6.86. The number of methoxy groups -OCH3 is 2. The third-order valence-electron chi connectivity index (χ3n) is 2.68. The molecule has 100 valence electrons. The van der Waals surface area contributed by atoms with Gasteiger partial charge in [0.1, 0.15) is 11.5 Å². The van der Waals surface area contributed by atoms with Crippen LogP contribution in [0.5, 0.6) is 11.5 Å². The zero-order valence-corrected chi connectivity index (χ0v) is 10.9. The van der Waals surface area contributed by atoms with Crippen molar-refractivity contribution in [3.8, 4) is 11.5 Å². The van der Waals surface area contributed by atoms with E-state index in [1.54, 1.807) is 14.2 Å². The molecule has 0 fully saturated rings. The molecule has 0 saturated heterocycles. The van der Waals surface area contributed by atoms with Crippen molar-refractivity contribution in [1.29, 1.82) is 0 Å². The van der Waals surface area contributed by atoms with Crippen LogP contribution in [0, 0.1) is 6.92 Å². The standard InChI is InChI=1S/C13H19NO4/c1-9-6-10(17-2)7-12(18-3)11(9)8-14-5-4-13(15)16/h6-7,14H,4-5,8H2,1-3H3,(H,15,16). The highest BCUT2D eigenvalue weighted by atomic mass is 16.5. The van der Waals surface area contributed by atoms with Crippen LogP contribution in [0.25, 0.3) is 0 Å². The number of aryl methyl sites for hydroxylation is 1. The number of aliphatic carboxylic acids is 1. The molecule has 0 spiro atoms. The lowest BCUT2D eigenvalue weighted by molar-refractivity contribution is -0.136. The Balaban J connectivity index is 2.72. The van der Waals surface area contributed by atoms with E-state index in [0.717, 1.165) is 22.6 Å². The van der Waals surface area contributed by atoms with E-state index in [1.165, 1.54) is 0 Å². The fraction of sp³-hybridized carbons (Fsp3) is 0.462. The highest BCUT2D eigenvalue weighted by Crippen LogP contribution is 2.28. The minimum atomic E-state index is -0.805. The van der Waals surface area contributed by atoms with Crippen molar-refractivity contribution >= 4 is 5.97 Å². The van der Waals surface area contributed by atoms with Crippen molar-refractivity contribution in [1.82, 2.24) is 5.32 Å². The van der Waals surface area contributed by atoms with Crippen LogP contribution < -0.4 is 14.8 Å². The molecule has 0 heterocycles. The fourth-order valence-corrected chi connectivity index (χ4v) is 1.69. The summed E-state index contributed by atoms with van der Waals surface area (Å²) >= 11 is 0. The Bertz CT molecular complexity index is 418. The van der Waals surface area contributed by atoms with Gasteiger partial charge in [0.2, 0.25) is 0 Å². The summed E-state index contributed by atoms with van der Waals surface area (Å²) in [5.41, 5.74) is 2.07. The lowest BCUT2D eigenvalue weighted by atomic mass is 10.1. The largest absolute Gasteiger partial charge is 0.497 e. The summed E-state index contributed by atoms with van der Waals surface area (Å²) in [7, 11) is 3.22. The minimum Gasteiger partial charge on any atom is -0.497 e. The van der Waals surface area contributed by atoms with Gasteiger partial charge in [-0.3, -0.25) is 4.79 Å². The van der Waals surface area contributed by atoms with Gasteiger partial charge in [0.25, 0.3) is 0 Å². The van der Waals surface area contributed by atoms with Gasteiger partial charge in [-0.25, -0.2) is 0 Å². The van der Waals surface area contributed by atoms with Gasteiger partial charge >= 0.3 is 5.97 Å². The molecular weight excluding hydrogens is 234 g/mol. The van der Waals surface area contributed by atoms with Gasteiger partial charge in [0.05, 0.1) is 20.6 Å². The summed E-state index contributed by atoms with van der Waals surface area (Å²) in [6.07, 6.45) is 0.109. The Morgan fingerprint density at radius 2 is 2.06 bits per heavy atom. The van der Waals surface area contributed by atoms with E-state index >= 15 is 0 Å². The van der Waals surface area contributed by atoms with Crippen molar-refractivity contribution in [2.45, 2.75) is 19.9 Å². The minimum absolute atomic E-state index is 0.109. The number of nitrogens with one attached hydrogen (secondary N) is 1. The number of carboxylic acids is 1. The summed E-state index contributed by atoms with van der Waals surface area (Å²) in [6.45, 7) is 2.98. The molecule has 5 heteroatoms. The number of carboxylic acid groups (broad SMARTS) is 1. The van der Waals surface area contributed by atoms with Gasteiger partial charge in [0.15, 0.2) is 0 Å². The molecule has 0 atom stereocenters. The summed E-state index contributed by atoms with van der Waals surface area (Å²) in [6, 6.07) is 3.75. The summed E-state index contributed by atoms with van der Waals surface area (Å²) in [5.74, 6) is 0.689. The third-order valence-corrected chi connectivity index (χ3v) is 2.68. The number of hydrogen-bond donors (Lipinski definition) is 2. The molecule has 0 aliphatic heterocycles. The Labute approximate surface area is 107 Å². The van der Waals surface area contributed by atoms with Gasteiger partial charge in [-0.05, 0) is 18.6 Å². The second-order valence-electron chi connectivity index (χ2n) is 3.95. The maximum atomic E-state index is 10.4. The summed E-state index contributed by atoms with van der Waals surface area (Å²) in [4.78, 5) is 10.4. The van der Waals surface area contributed by atoms with Gasteiger partial charge in [-0.15, -0.1) is 0 Å². The van der Waals surface area contributed by atoms with E-state index in [-0.39, 0.29) is 6.42 Å². The molecule has 0 amide bonds. The van der Waals surface area contributed by atoms with E-state index in [2.05, 4.69) is 5.32 Å². The molecule has 0 aliphatic rings. The molecule has 0 aromatic heterocycles. The highest BCUT2D eigenvalue weighted by Gasteiger charge is 2.09. The molecule has 0 saturated carbocycles. The van der Waals surface area contributed by atoms with Crippen LogP contribution in [0.1, 0.15) is 17.5 Å². The lowest BCUT2D eigenvalue weighted by Gasteiger charge is -2.14. The first-order valence-corrected chi connectivity index (χ1v) is 5.72. The van der Waals surface area contributed by atoms with Crippen molar-refractivity contribution in [2.75, 3.05) is 20.8 Å². The molecule has 0 aliphatic carbocycles. The smallest absolute Gasteiger partial charge is 0.304 e. The predicted octanol–water partition coefficient (Wildman–Crippen LogP) is 1.58. The maximum Gasteiger partial charge on any atom is 0.304 e. The van der Waals surface area contributed by atoms with Crippen LogP contribution >= 0.6 is 0 Å². The Morgan fingerprint density at radius 3 is 2.61 bits per heavy atom. The van der Waals surface area contributed by atoms with Crippen LogP contribution in [0.4, 0.5) is 0 Å². The zero-order chi connectivity index (χ0) is 13.5. The molecule has 2 N–H and O–H groups in total. The molecular formula is C13H19NO4. The van der Waals surface area contributed by atoms with Gasteiger partial charge in [0, 0.05) is 24.7 Å². The highest BCUT2D eigenvalue weighted by molar-refractivity contribution is 5.66. The predicted molar refractivity (Wildman–Crippen MR) is 68.2 cm³/mol. The summed E-state index contributed by atoms with van der Waals surface area (Å²) < 4.78 is 10.5. The zero-order valence-electron chi connectivity index (χ0n) is 10.9. The van der Waals surface area contributed by atoms with E-state index in [1.807, 2.05) is 19.1 Å². The van der Waals surface area contributed by atoms with Crippen molar-refractivity contribution in [3.05, 3.63) is 23.3 Å². The van der Waals surface area contributed by atoms with Crippen LogP contribution in [0.3, 0.4) is 0 Å². The average molecular weight is 253 g/mol. The second-order valence-corrected chi connectivity index (χ2v) is 3.95. The number of carbonyl (C=O) groups is 1. The van der Waals surface area contributed by atoms with E-state index < -0.39 is 5.97 Å². The molecule has 1 rings (SSSR count). The van der Waals surface area contributed by atoms with Crippen molar-refractivity contribution in [2.24, 2.45) is 0 Å². The lowest BCUT2D eigenvalue weighted by Crippen LogP contribution is -2.18. The Kier molecular flexibility index (Phi) is 5.45. The first-order chi connectivity index (χ1) is 8.58. The van der Waals surface area contributed by atoms with Crippen LogP contribution in [0.15, 0.2) is 12.1 Å². The van der Waals surface area contributed by atoms with E-state index in [4.69, 9.17) is 14.6 Å². The monoisotopic (exact) mass is 253 g/mol. The van der Waals surface area contributed by atoms with Crippen LogP contribution in [0.2, 0.25) is 0 Å². The maximum absolute atomic E-state index is 10.4. The molecule has 18 heavy (non-hydrogen) atoms. The van der Waals surface area contributed by atoms with Crippen molar-refractivity contribution in [3.63, 3.8) is 0 Å². The molecule has 0 unspecified atom stereocenters. The molecule has 1 aromatic rings. The Hall–Kier alpha value is -1.75. The molecule has 1 aromatic carbocycles.